The second-order valence-electron chi connectivity index (χ2n) is 9.09. The molecule has 5 rings (SSSR count). The molecule has 8 nitrogen and oxygen atoms in total. The largest absolute Gasteiger partial charge is 0.341 e. The summed E-state index contributed by atoms with van der Waals surface area (Å²) in [5.41, 5.74) is 0.442. The zero-order chi connectivity index (χ0) is 24.5. The van der Waals surface area contributed by atoms with E-state index >= 15 is 0 Å². The first-order valence-corrected chi connectivity index (χ1v) is 11.7. The van der Waals surface area contributed by atoms with Crippen LogP contribution in [0.2, 0.25) is 0 Å². The van der Waals surface area contributed by atoms with E-state index < -0.39 is 23.5 Å². The van der Waals surface area contributed by atoms with Crippen molar-refractivity contribution in [1.29, 1.82) is 0 Å². The summed E-state index contributed by atoms with van der Waals surface area (Å²) in [6.45, 7) is 1.49. The number of nitrogens with zero attached hydrogens (tertiary/aromatic N) is 6. The molecular formula is C24H27F3N6O2S. The Morgan fingerprint density at radius 3 is 2.33 bits per heavy atom. The molecular weight excluding hydrogens is 493 g/mol. The molecule has 1 aromatic carbocycles. The predicted molar refractivity (Wildman–Crippen MR) is 132 cm³/mol. The van der Waals surface area contributed by atoms with Crippen molar-refractivity contribution in [2.45, 2.75) is 38.1 Å². The standard InChI is InChI=1S/C24H25F3N6O2.H2S/c25-17-10-16(11-18(26)12-17)21-4-5-29-33(21)24(35)32-8-6-31(7-9-32)23-28-14-19(27)20(30-23)13-22(34)15-2-1-3-15;/h5,10-12,14-15,21H,1-4,6-9,13H2;1H2/t21-;/m0./s1. The fraction of sp³-hybridized carbons (Fsp3) is 0.458. The maximum atomic E-state index is 14.2. The van der Waals surface area contributed by atoms with E-state index in [0.29, 0.717) is 44.1 Å². The number of aromatic nitrogens is 2. The molecule has 1 saturated carbocycles. The van der Waals surface area contributed by atoms with Crippen LogP contribution < -0.4 is 4.90 Å². The molecule has 1 atom stereocenters. The number of ketones is 1. The fourth-order valence-corrected chi connectivity index (χ4v) is 4.59. The molecule has 1 aliphatic carbocycles. The lowest BCUT2D eigenvalue weighted by Gasteiger charge is -2.37. The molecule has 1 aromatic heterocycles. The average Bonchev–Trinajstić information content (AvgIpc) is 3.28. The van der Waals surface area contributed by atoms with Crippen molar-refractivity contribution >= 4 is 37.5 Å². The summed E-state index contributed by atoms with van der Waals surface area (Å²) in [7, 11) is 0. The van der Waals surface area contributed by atoms with Gasteiger partial charge in [-0.05, 0) is 30.5 Å². The van der Waals surface area contributed by atoms with Gasteiger partial charge in [0.25, 0.3) is 0 Å². The third-order valence-corrected chi connectivity index (χ3v) is 6.83. The molecule has 0 bridgehead atoms. The van der Waals surface area contributed by atoms with Gasteiger partial charge in [-0.15, -0.1) is 0 Å². The Labute approximate surface area is 213 Å². The van der Waals surface area contributed by atoms with Crippen LogP contribution in [0, 0.1) is 23.4 Å². The van der Waals surface area contributed by atoms with Gasteiger partial charge in [0, 0.05) is 50.8 Å². The molecule has 2 amide bonds. The monoisotopic (exact) mass is 520 g/mol. The van der Waals surface area contributed by atoms with E-state index in [-0.39, 0.29) is 43.3 Å². The molecule has 12 heteroatoms. The molecule has 2 fully saturated rings. The minimum atomic E-state index is -0.707. The zero-order valence-electron chi connectivity index (χ0n) is 19.5. The summed E-state index contributed by atoms with van der Waals surface area (Å²) >= 11 is 0. The maximum Gasteiger partial charge on any atom is 0.341 e. The van der Waals surface area contributed by atoms with E-state index in [0.717, 1.165) is 31.5 Å². The number of rotatable bonds is 5. The van der Waals surface area contributed by atoms with E-state index in [1.807, 2.05) is 4.90 Å². The van der Waals surface area contributed by atoms with Gasteiger partial charge in [-0.1, -0.05) is 6.42 Å². The first-order chi connectivity index (χ1) is 16.9. The van der Waals surface area contributed by atoms with Gasteiger partial charge in [0.05, 0.1) is 24.4 Å². The van der Waals surface area contributed by atoms with Crippen LogP contribution in [0.1, 0.15) is 43.0 Å². The predicted octanol–water partition coefficient (Wildman–Crippen LogP) is 3.59. The average molecular weight is 521 g/mol. The Balaban J connectivity index is 0.00000304. The lowest BCUT2D eigenvalue weighted by Crippen LogP contribution is -2.52. The number of carbonyl (C=O) groups excluding carboxylic acids is 2. The van der Waals surface area contributed by atoms with Gasteiger partial charge in [0.2, 0.25) is 5.95 Å². The highest BCUT2D eigenvalue weighted by Crippen LogP contribution is 2.31. The molecule has 3 heterocycles. The van der Waals surface area contributed by atoms with Gasteiger partial charge in [-0.2, -0.15) is 18.6 Å². The molecule has 0 radical (unpaired) electrons. The van der Waals surface area contributed by atoms with Gasteiger partial charge in [-0.25, -0.2) is 32.9 Å². The lowest BCUT2D eigenvalue weighted by atomic mass is 9.81. The third-order valence-electron chi connectivity index (χ3n) is 6.83. The van der Waals surface area contributed by atoms with E-state index in [1.54, 1.807) is 11.1 Å². The second-order valence-corrected chi connectivity index (χ2v) is 9.09. The number of piperazine rings is 1. The molecule has 2 aromatic rings. The van der Waals surface area contributed by atoms with Gasteiger partial charge in [0.15, 0.2) is 5.82 Å². The van der Waals surface area contributed by atoms with Crippen LogP contribution in [0.4, 0.5) is 23.9 Å². The number of hydrazone groups is 1. The van der Waals surface area contributed by atoms with Crippen molar-refractivity contribution in [2.75, 3.05) is 31.1 Å². The normalized spacial score (nSPS) is 19.8. The summed E-state index contributed by atoms with van der Waals surface area (Å²) < 4.78 is 41.6. The van der Waals surface area contributed by atoms with Crippen LogP contribution in [0.3, 0.4) is 0 Å². The molecule has 0 unspecified atom stereocenters. The molecule has 192 valence electrons. The highest BCUT2D eigenvalue weighted by atomic mass is 32.1. The summed E-state index contributed by atoms with van der Waals surface area (Å²) in [6.07, 6.45) is 5.69. The number of Topliss-reactive ketones (excluding diaryl/α,β-unsaturated/α-hetero) is 1. The Bertz CT molecular complexity index is 1150. The van der Waals surface area contributed by atoms with E-state index in [1.165, 1.54) is 17.1 Å². The molecule has 3 aliphatic rings. The van der Waals surface area contributed by atoms with Gasteiger partial charge < -0.3 is 9.80 Å². The van der Waals surface area contributed by atoms with Gasteiger partial charge in [-0.3, -0.25) is 4.79 Å². The number of hydrogen-bond donors (Lipinski definition) is 0. The number of hydrogen-bond acceptors (Lipinski definition) is 6. The molecule has 0 N–H and O–H groups in total. The molecule has 0 spiro atoms. The number of benzene rings is 1. The Hall–Kier alpha value is -3.15. The number of amides is 2. The van der Waals surface area contributed by atoms with E-state index in [4.69, 9.17) is 0 Å². The van der Waals surface area contributed by atoms with E-state index in [9.17, 15) is 22.8 Å². The molecule has 36 heavy (non-hydrogen) atoms. The van der Waals surface area contributed by atoms with Crippen molar-refractivity contribution in [2.24, 2.45) is 11.0 Å². The Kier molecular flexibility index (Phi) is 7.82. The summed E-state index contributed by atoms with van der Waals surface area (Å²) in [5, 5.41) is 5.39. The maximum absolute atomic E-state index is 14.2. The minimum Gasteiger partial charge on any atom is -0.337 e. The smallest absolute Gasteiger partial charge is 0.337 e. The highest BCUT2D eigenvalue weighted by Gasteiger charge is 2.34. The van der Waals surface area contributed by atoms with Crippen LogP contribution in [-0.2, 0) is 11.2 Å². The number of urea groups is 1. The van der Waals surface area contributed by atoms with E-state index in [2.05, 4.69) is 15.1 Å². The summed E-state index contributed by atoms with van der Waals surface area (Å²) in [4.78, 5) is 37.3. The van der Waals surface area contributed by atoms with Crippen LogP contribution in [0.5, 0.6) is 0 Å². The SMILES string of the molecule is O=C(Cc1nc(N2CCN(C(=O)N3N=CC[C@H]3c3cc(F)cc(F)c3)CC2)ncc1F)C1CCC1.S. The summed E-state index contributed by atoms with van der Waals surface area (Å²) in [5.74, 6) is -1.68. The first kappa shape index (κ1) is 25.9. The Morgan fingerprint density at radius 1 is 1.00 bits per heavy atom. The van der Waals surface area contributed by atoms with Crippen molar-refractivity contribution in [3.8, 4) is 0 Å². The molecule has 2 aliphatic heterocycles. The minimum absolute atomic E-state index is 0. The van der Waals surface area contributed by atoms with Crippen molar-refractivity contribution in [1.82, 2.24) is 19.9 Å². The lowest BCUT2D eigenvalue weighted by molar-refractivity contribution is -0.124. The van der Waals surface area contributed by atoms with Crippen LogP contribution in [0.15, 0.2) is 29.5 Å². The van der Waals surface area contributed by atoms with Gasteiger partial charge in [0.1, 0.15) is 17.4 Å². The van der Waals surface area contributed by atoms with Crippen molar-refractivity contribution in [3.63, 3.8) is 0 Å². The first-order valence-electron chi connectivity index (χ1n) is 11.7. The Morgan fingerprint density at radius 2 is 1.69 bits per heavy atom. The topological polar surface area (TPSA) is 82.0 Å². The quantitative estimate of drug-likeness (QED) is 0.602. The number of halogens is 3. The highest BCUT2D eigenvalue weighted by molar-refractivity contribution is 7.59. The third kappa shape index (κ3) is 5.32. The van der Waals surface area contributed by atoms with Crippen molar-refractivity contribution < 1.29 is 22.8 Å². The molecule has 1 saturated heterocycles. The second kappa shape index (κ2) is 10.9. The van der Waals surface area contributed by atoms with Gasteiger partial charge >= 0.3 is 6.03 Å². The zero-order valence-corrected chi connectivity index (χ0v) is 20.5. The van der Waals surface area contributed by atoms with Crippen LogP contribution in [-0.4, -0.2) is 64.1 Å². The van der Waals surface area contributed by atoms with Crippen molar-refractivity contribution in [3.05, 3.63) is 53.1 Å². The number of anilines is 1. The van der Waals surface area contributed by atoms with Crippen LogP contribution in [0.25, 0.3) is 0 Å². The van der Waals surface area contributed by atoms with Crippen LogP contribution >= 0.6 is 13.5 Å². The fourth-order valence-electron chi connectivity index (χ4n) is 4.59. The number of carbonyl (C=O) groups is 2. The summed E-state index contributed by atoms with van der Waals surface area (Å²) in [6, 6.07) is 2.26.